The highest BCUT2D eigenvalue weighted by molar-refractivity contribution is 4.93. The summed E-state index contributed by atoms with van der Waals surface area (Å²) in [7, 11) is 2.33. The Balaban J connectivity index is 1.52. The Morgan fingerprint density at radius 2 is 2.00 bits per heavy atom. The zero-order valence-electron chi connectivity index (χ0n) is 12.8. The fourth-order valence-electron chi connectivity index (χ4n) is 4.31. The molecule has 0 aromatic heterocycles. The first-order valence-corrected chi connectivity index (χ1v) is 8.44. The van der Waals surface area contributed by atoms with Crippen LogP contribution >= 0.6 is 0 Å². The van der Waals surface area contributed by atoms with Gasteiger partial charge in [-0.05, 0) is 70.6 Å². The first-order valence-electron chi connectivity index (χ1n) is 8.44. The van der Waals surface area contributed by atoms with Gasteiger partial charge in [0.05, 0.1) is 0 Å². The summed E-state index contributed by atoms with van der Waals surface area (Å²) in [5, 5.41) is 3.72. The highest BCUT2D eigenvalue weighted by Gasteiger charge is 2.37. The molecule has 0 bridgehead atoms. The summed E-state index contributed by atoms with van der Waals surface area (Å²) in [5.74, 6) is 1.92. The van der Waals surface area contributed by atoms with E-state index in [0.29, 0.717) is 0 Å². The van der Waals surface area contributed by atoms with E-state index in [1.54, 1.807) is 0 Å². The smallest absolute Gasteiger partial charge is 0.0223 e. The van der Waals surface area contributed by atoms with E-state index in [1.807, 2.05) is 0 Å². The molecule has 1 saturated carbocycles. The summed E-state index contributed by atoms with van der Waals surface area (Å²) >= 11 is 0. The van der Waals surface area contributed by atoms with Crippen LogP contribution in [0.25, 0.3) is 0 Å². The predicted octanol–water partition coefficient (Wildman–Crippen LogP) is 1.79. The number of likely N-dealkylation sites (N-methyl/N-ethyl adjacent to an activating group) is 1. The van der Waals surface area contributed by atoms with Crippen LogP contribution in [-0.4, -0.2) is 61.7 Å². The molecule has 2 saturated heterocycles. The number of nitrogens with one attached hydrogen (secondary N) is 1. The molecule has 0 amide bonds. The molecule has 0 spiro atoms. The second kappa shape index (κ2) is 6.11. The van der Waals surface area contributed by atoms with Gasteiger partial charge < -0.3 is 15.1 Å². The van der Waals surface area contributed by atoms with Gasteiger partial charge >= 0.3 is 0 Å². The number of likely N-dealkylation sites (tertiary alicyclic amines) is 2. The SMILES string of the molecule is CCNC(CN1CCC2C(CCCN2C)C1)C1CC1. The van der Waals surface area contributed by atoms with E-state index < -0.39 is 0 Å². The van der Waals surface area contributed by atoms with E-state index in [2.05, 4.69) is 29.1 Å². The Morgan fingerprint density at radius 1 is 1.16 bits per heavy atom. The summed E-state index contributed by atoms with van der Waals surface area (Å²) in [5.41, 5.74) is 0. The van der Waals surface area contributed by atoms with Gasteiger partial charge in [0.2, 0.25) is 0 Å². The average Bonchev–Trinajstić information content (AvgIpc) is 3.23. The maximum atomic E-state index is 3.72. The molecule has 3 aliphatic rings. The third-order valence-electron chi connectivity index (χ3n) is 5.54. The van der Waals surface area contributed by atoms with Crippen molar-refractivity contribution in [3.63, 3.8) is 0 Å². The van der Waals surface area contributed by atoms with Gasteiger partial charge in [0.25, 0.3) is 0 Å². The summed E-state index contributed by atoms with van der Waals surface area (Å²) in [4.78, 5) is 5.38. The predicted molar refractivity (Wildman–Crippen MR) is 80.4 cm³/mol. The molecule has 3 unspecified atom stereocenters. The van der Waals surface area contributed by atoms with Crippen molar-refractivity contribution < 1.29 is 0 Å². The Kier molecular flexibility index (Phi) is 4.45. The molecule has 2 heterocycles. The molecule has 3 heteroatoms. The maximum absolute atomic E-state index is 3.72. The molecule has 19 heavy (non-hydrogen) atoms. The Hall–Kier alpha value is -0.120. The lowest BCUT2D eigenvalue weighted by Gasteiger charge is -2.46. The number of piperidine rings is 2. The molecule has 2 aliphatic heterocycles. The van der Waals surface area contributed by atoms with Crippen molar-refractivity contribution >= 4 is 0 Å². The minimum atomic E-state index is 0.767. The van der Waals surface area contributed by atoms with E-state index in [4.69, 9.17) is 0 Å². The quantitative estimate of drug-likeness (QED) is 0.817. The van der Waals surface area contributed by atoms with Crippen molar-refractivity contribution in [1.29, 1.82) is 0 Å². The van der Waals surface area contributed by atoms with Gasteiger partial charge in [-0.3, -0.25) is 0 Å². The molecule has 3 rings (SSSR count). The van der Waals surface area contributed by atoms with Gasteiger partial charge in [-0.1, -0.05) is 6.92 Å². The largest absolute Gasteiger partial charge is 0.313 e. The third kappa shape index (κ3) is 3.32. The van der Waals surface area contributed by atoms with Gasteiger partial charge in [0, 0.05) is 25.2 Å². The number of nitrogens with zero attached hydrogens (tertiary/aromatic N) is 2. The van der Waals surface area contributed by atoms with E-state index in [-0.39, 0.29) is 0 Å². The first-order chi connectivity index (χ1) is 9.28. The van der Waals surface area contributed by atoms with Gasteiger partial charge in [-0.2, -0.15) is 0 Å². The van der Waals surface area contributed by atoms with E-state index in [9.17, 15) is 0 Å². The topological polar surface area (TPSA) is 18.5 Å². The van der Waals surface area contributed by atoms with Crippen molar-refractivity contribution in [1.82, 2.24) is 15.1 Å². The van der Waals surface area contributed by atoms with E-state index in [0.717, 1.165) is 30.5 Å². The molecule has 1 N–H and O–H groups in total. The summed E-state index contributed by atoms with van der Waals surface area (Å²) in [6.07, 6.45) is 7.18. The van der Waals surface area contributed by atoms with E-state index >= 15 is 0 Å². The number of rotatable bonds is 5. The van der Waals surface area contributed by atoms with Gasteiger partial charge in [-0.25, -0.2) is 0 Å². The van der Waals surface area contributed by atoms with Crippen LogP contribution in [0, 0.1) is 11.8 Å². The normalized spacial score (nSPS) is 35.1. The molecule has 110 valence electrons. The molecule has 3 atom stereocenters. The van der Waals surface area contributed by atoms with Gasteiger partial charge in [0.1, 0.15) is 0 Å². The van der Waals surface area contributed by atoms with Gasteiger partial charge in [-0.15, -0.1) is 0 Å². The lowest BCUT2D eigenvalue weighted by atomic mass is 9.84. The molecular weight excluding hydrogens is 234 g/mol. The van der Waals surface area contributed by atoms with Crippen LogP contribution in [0.5, 0.6) is 0 Å². The third-order valence-corrected chi connectivity index (χ3v) is 5.54. The molecule has 3 nitrogen and oxygen atoms in total. The van der Waals surface area contributed by atoms with Crippen LogP contribution in [0.1, 0.15) is 39.0 Å². The Morgan fingerprint density at radius 3 is 2.74 bits per heavy atom. The standard InChI is InChI=1S/C16H31N3/c1-3-17-15(13-6-7-13)12-19-10-8-16-14(11-19)5-4-9-18(16)2/h13-17H,3-12H2,1-2H3. The van der Waals surface area contributed by atoms with Crippen molar-refractivity contribution in [3.8, 4) is 0 Å². The molecule has 3 fully saturated rings. The minimum Gasteiger partial charge on any atom is -0.313 e. The van der Waals surface area contributed by atoms with E-state index in [1.165, 1.54) is 58.3 Å². The Labute approximate surface area is 118 Å². The number of hydrogen-bond donors (Lipinski definition) is 1. The first kappa shape index (κ1) is 13.8. The zero-order chi connectivity index (χ0) is 13.2. The summed E-state index contributed by atoms with van der Waals surface area (Å²) in [6, 6.07) is 1.64. The fourth-order valence-corrected chi connectivity index (χ4v) is 4.31. The lowest BCUT2D eigenvalue weighted by molar-refractivity contribution is 0.0340. The number of fused-ring (bicyclic) bond motifs is 1. The van der Waals surface area contributed by atoms with Gasteiger partial charge in [0.15, 0.2) is 0 Å². The highest BCUT2D eigenvalue weighted by Crippen LogP contribution is 2.34. The maximum Gasteiger partial charge on any atom is 0.0223 e. The molecule has 1 aliphatic carbocycles. The van der Waals surface area contributed by atoms with Crippen LogP contribution in [0.15, 0.2) is 0 Å². The highest BCUT2D eigenvalue weighted by atomic mass is 15.2. The Bertz CT molecular complexity index is 290. The molecule has 0 aromatic carbocycles. The summed E-state index contributed by atoms with van der Waals surface area (Å²) in [6.45, 7) is 8.67. The molecule has 0 aromatic rings. The van der Waals surface area contributed by atoms with Crippen LogP contribution < -0.4 is 5.32 Å². The second-order valence-electron chi connectivity index (χ2n) is 7.00. The molecule has 0 radical (unpaired) electrons. The zero-order valence-corrected chi connectivity index (χ0v) is 12.8. The lowest BCUT2D eigenvalue weighted by Crippen LogP contribution is -2.55. The van der Waals surface area contributed by atoms with Crippen molar-refractivity contribution in [3.05, 3.63) is 0 Å². The monoisotopic (exact) mass is 265 g/mol. The fraction of sp³-hybridized carbons (Fsp3) is 1.00. The van der Waals surface area contributed by atoms with Crippen molar-refractivity contribution in [2.45, 2.75) is 51.1 Å². The second-order valence-corrected chi connectivity index (χ2v) is 7.00. The van der Waals surface area contributed by atoms with Crippen LogP contribution in [-0.2, 0) is 0 Å². The van der Waals surface area contributed by atoms with Crippen molar-refractivity contribution in [2.75, 3.05) is 39.8 Å². The van der Waals surface area contributed by atoms with Crippen molar-refractivity contribution in [2.24, 2.45) is 11.8 Å². The minimum absolute atomic E-state index is 0.767. The van der Waals surface area contributed by atoms with Crippen LogP contribution in [0.4, 0.5) is 0 Å². The molecular formula is C16H31N3. The average molecular weight is 265 g/mol. The van der Waals surface area contributed by atoms with Crippen LogP contribution in [0.3, 0.4) is 0 Å². The number of hydrogen-bond acceptors (Lipinski definition) is 3. The van der Waals surface area contributed by atoms with Crippen LogP contribution in [0.2, 0.25) is 0 Å². The summed E-state index contributed by atoms with van der Waals surface area (Å²) < 4.78 is 0.